The van der Waals surface area contributed by atoms with E-state index in [-0.39, 0.29) is 55.6 Å². The second-order valence-electron chi connectivity index (χ2n) is 11.4. The summed E-state index contributed by atoms with van der Waals surface area (Å²) in [6.45, 7) is 3.21. The van der Waals surface area contributed by atoms with Crippen LogP contribution in [-0.4, -0.2) is 62.0 Å². The molecule has 0 spiro atoms. The number of imidazole rings is 1. The third-order valence-electron chi connectivity index (χ3n) is 8.80. The van der Waals surface area contributed by atoms with Gasteiger partial charge in [-0.1, -0.05) is 26.2 Å². The monoisotopic (exact) mass is 644 g/mol. The lowest BCUT2D eigenvalue weighted by Gasteiger charge is -2.39. The number of ketones is 1. The van der Waals surface area contributed by atoms with Crippen molar-refractivity contribution in [1.82, 2.24) is 19.4 Å². The van der Waals surface area contributed by atoms with Crippen LogP contribution in [0.5, 0.6) is 0 Å². The molecule has 2 aliphatic rings. The van der Waals surface area contributed by atoms with E-state index in [0.29, 0.717) is 35.3 Å². The van der Waals surface area contributed by atoms with E-state index in [9.17, 15) is 14.4 Å². The Kier molecular flexibility index (Phi) is 12.1. The quantitative estimate of drug-likeness (QED) is 0.169. The summed E-state index contributed by atoms with van der Waals surface area (Å²) in [4.78, 5) is 52.4. The Bertz CT molecular complexity index is 1470. The zero-order valence-corrected chi connectivity index (χ0v) is 26.6. The molecule has 1 aliphatic carbocycles. The topological polar surface area (TPSA) is 164 Å². The number of rotatable bonds is 10. The lowest BCUT2D eigenvalue weighted by atomic mass is 9.83. The van der Waals surface area contributed by atoms with Gasteiger partial charge in [0.05, 0.1) is 17.6 Å². The number of nitrogens with two attached hydrogens (primary N) is 2. The van der Waals surface area contributed by atoms with Gasteiger partial charge in [0.15, 0.2) is 0 Å². The molecule has 3 heterocycles. The highest BCUT2D eigenvalue weighted by atomic mass is 35.5. The van der Waals surface area contributed by atoms with Gasteiger partial charge in [-0.05, 0) is 61.9 Å². The van der Waals surface area contributed by atoms with E-state index in [1.54, 1.807) is 36.4 Å². The number of halogens is 2. The van der Waals surface area contributed by atoms with E-state index in [4.69, 9.17) is 21.9 Å². The molecule has 5 rings (SSSR count). The number of pyridine rings is 1. The van der Waals surface area contributed by atoms with Crippen molar-refractivity contribution in [2.24, 2.45) is 17.4 Å². The first-order valence-corrected chi connectivity index (χ1v) is 14.9. The number of hydrogen-bond donors (Lipinski definition) is 3. The summed E-state index contributed by atoms with van der Waals surface area (Å²) in [7, 11) is 0. The number of aromatic nitrogens is 3. The number of amides is 2. The average molecular weight is 646 g/mol. The predicted octanol–water partition coefficient (Wildman–Crippen LogP) is 4.14. The Morgan fingerprint density at radius 3 is 2.25 bits per heavy atom. The van der Waals surface area contributed by atoms with Crippen LogP contribution in [0.3, 0.4) is 0 Å². The molecule has 44 heavy (non-hydrogen) atoms. The highest BCUT2D eigenvalue weighted by Crippen LogP contribution is 2.36. The molecule has 1 saturated heterocycles. The first kappa shape index (κ1) is 34.8. The zero-order chi connectivity index (χ0) is 29.8. The second-order valence-corrected chi connectivity index (χ2v) is 11.4. The van der Waals surface area contributed by atoms with Gasteiger partial charge < -0.3 is 25.8 Å². The van der Waals surface area contributed by atoms with Crippen molar-refractivity contribution < 1.29 is 14.4 Å². The molecule has 5 N–H and O–H groups in total. The molecule has 2 amide bonds. The number of amidine groups is 1. The summed E-state index contributed by atoms with van der Waals surface area (Å²) in [5.74, 6) is -0.953. The van der Waals surface area contributed by atoms with Crippen LogP contribution in [0.4, 0.5) is 5.69 Å². The van der Waals surface area contributed by atoms with Gasteiger partial charge in [0.1, 0.15) is 17.7 Å². The Balaban J connectivity index is 0.00000264. The van der Waals surface area contributed by atoms with Crippen LogP contribution >= 0.6 is 24.8 Å². The molecule has 2 fully saturated rings. The number of anilines is 1. The van der Waals surface area contributed by atoms with Crippen LogP contribution in [0, 0.1) is 11.3 Å². The highest BCUT2D eigenvalue weighted by Gasteiger charge is 2.36. The number of nitrogens with zero attached hydrogens (tertiary/aromatic N) is 5. The van der Waals surface area contributed by atoms with Crippen LogP contribution in [0.15, 0.2) is 42.7 Å². The van der Waals surface area contributed by atoms with E-state index in [1.165, 1.54) is 0 Å². The molecule has 3 aromatic rings. The standard InChI is InChI=1S/C31H40N8O3.2ClH/c1-2-26(40)31(42)38(23-12-16-37(17-13-23)22-10-14-35-15-11-22)19-27-36-24-18-21(29(32)33)8-9-25(24)39(27)28(30(34)41)20-6-4-3-5-7-20;;/h8-11,14-15,18,20,23,28H,2-7,12-13,16-17,19H2,1H3,(H3,32,33)(H2,34,41);2*1H. The number of carbonyl (C=O) groups is 3. The van der Waals surface area contributed by atoms with Gasteiger partial charge in [-0.25, -0.2) is 4.98 Å². The molecule has 11 nitrogen and oxygen atoms in total. The minimum atomic E-state index is -0.638. The van der Waals surface area contributed by atoms with Gasteiger partial charge in [-0.2, -0.15) is 0 Å². The Hall–Kier alpha value is -3.70. The molecule has 0 radical (unpaired) electrons. The number of carbonyl (C=O) groups excluding carboxylic acids is 3. The number of benzene rings is 1. The van der Waals surface area contributed by atoms with E-state index in [2.05, 4.69) is 9.88 Å². The largest absolute Gasteiger partial charge is 0.384 e. The fraction of sp³-hybridized carbons (Fsp3) is 0.484. The molecule has 1 saturated carbocycles. The van der Waals surface area contributed by atoms with Gasteiger partial charge in [0, 0.05) is 49.2 Å². The van der Waals surface area contributed by atoms with Crippen molar-refractivity contribution >= 4 is 65.0 Å². The number of piperidine rings is 1. The summed E-state index contributed by atoms with van der Waals surface area (Å²) in [5.41, 5.74) is 14.7. The van der Waals surface area contributed by atoms with Gasteiger partial charge >= 0.3 is 0 Å². The summed E-state index contributed by atoms with van der Waals surface area (Å²) >= 11 is 0. The second kappa shape index (κ2) is 15.3. The van der Waals surface area contributed by atoms with Crippen molar-refractivity contribution in [2.45, 2.75) is 76.9 Å². The van der Waals surface area contributed by atoms with Gasteiger partial charge in [-0.3, -0.25) is 24.8 Å². The molecular formula is C31H42Cl2N8O3. The fourth-order valence-corrected chi connectivity index (χ4v) is 6.58. The summed E-state index contributed by atoms with van der Waals surface area (Å²) < 4.78 is 1.89. The highest BCUT2D eigenvalue weighted by molar-refractivity contribution is 6.36. The van der Waals surface area contributed by atoms with E-state index < -0.39 is 23.6 Å². The number of Topliss-reactive ketones (excluding diaryl/α,β-unsaturated/α-hetero) is 1. The lowest BCUT2D eigenvalue weighted by molar-refractivity contribution is -0.147. The molecular weight excluding hydrogens is 603 g/mol. The lowest BCUT2D eigenvalue weighted by Crippen LogP contribution is -2.49. The summed E-state index contributed by atoms with van der Waals surface area (Å²) in [6.07, 6.45) is 9.93. The van der Waals surface area contributed by atoms with E-state index >= 15 is 0 Å². The van der Waals surface area contributed by atoms with Gasteiger partial charge in [0.25, 0.3) is 5.91 Å². The number of nitrogens with one attached hydrogen (secondary N) is 1. The van der Waals surface area contributed by atoms with E-state index in [0.717, 1.165) is 50.9 Å². The first-order chi connectivity index (χ1) is 20.3. The smallest absolute Gasteiger partial charge is 0.290 e. The third kappa shape index (κ3) is 7.32. The number of fused-ring (bicyclic) bond motifs is 1. The van der Waals surface area contributed by atoms with Crippen molar-refractivity contribution in [3.8, 4) is 0 Å². The molecule has 238 valence electrons. The minimum Gasteiger partial charge on any atom is -0.384 e. The minimum absolute atomic E-state index is 0. The SMILES string of the molecule is CCC(=O)C(=O)N(Cc1nc2cc(C(=N)N)ccc2n1C(C(N)=O)C1CCCCC1)C1CCN(c2ccncc2)CC1.Cl.Cl. The van der Waals surface area contributed by atoms with Crippen molar-refractivity contribution in [3.63, 3.8) is 0 Å². The van der Waals surface area contributed by atoms with Gasteiger partial charge in [0.2, 0.25) is 11.7 Å². The molecule has 1 atom stereocenters. The molecule has 0 bridgehead atoms. The van der Waals surface area contributed by atoms with Crippen molar-refractivity contribution in [2.75, 3.05) is 18.0 Å². The van der Waals surface area contributed by atoms with Crippen LogP contribution in [0.1, 0.15) is 75.7 Å². The maximum Gasteiger partial charge on any atom is 0.290 e. The van der Waals surface area contributed by atoms with Crippen LogP contribution in [0.2, 0.25) is 0 Å². The normalized spacial score (nSPS) is 16.4. The molecule has 2 aromatic heterocycles. The first-order valence-electron chi connectivity index (χ1n) is 14.9. The fourth-order valence-electron chi connectivity index (χ4n) is 6.58. The summed E-state index contributed by atoms with van der Waals surface area (Å²) in [6, 6.07) is 8.41. The van der Waals surface area contributed by atoms with Crippen LogP contribution < -0.4 is 16.4 Å². The Morgan fingerprint density at radius 2 is 1.66 bits per heavy atom. The van der Waals surface area contributed by atoms with E-state index in [1.807, 2.05) is 22.8 Å². The summed E-state index contributed by atoms with van der Waals surface area (Å²) in [5, 5.41) is 7.91. The third-order valence-corrected chi connectivity index (χ3v) is 8.80. The number of hydrogen-bond acceptors (Lipinski definition) is 7. The molecule has 1 aromatic carbocycles. The number of nitrogen functional groups attached to an aromatic ring is 1. The molecule has 13 heteroatoms. The van der Waals surface area contributed by atoms with Crippen molar-refractivity contribution in [1.29, 1.82) is 5.41 Å². The molecule has 1 unspecified atom stereocenters. The predicted molar refractivity (Wildman–Crippen MR) is 175 cm³/mol. The maximum atomic E-state index is 13.6. The zero-order valence-electron chi connectivity index (χ0n) is 25.0. The van der Waals surface area contributed by atoms with Crippen molar-refractivity contribution in [3.05, 3.63) is 54.1 Å². The molecule has 1 aliphatic heterocycles. The van der Waals surface area contributed by atoms with Crippen LogP contribution in [0.25, 0.3) is 11.0 Å². The van der Waals surface area contributed by atoms with Crippen LogP contribution in [-0.2, 0) is 20.9 Å². The maximum absolute atomic E-state index is 13.6. The average Bonchev–Trinajstić information content (AvgIpc) is 3.36. The Morgan fingerprint density at radius 1 is 1.00 bits per heavy atom. The Labute approximate surface area is 270 Å². The van der Waals surface area contributed by atoms with Gasteiger partial charge in [-0.15, -0.1) is 24.8 Å². The number of primary amides is 1.